The van der Waals surface area contributed by atoms with E-state index in [2.05, 4.69) is 63.7 Å². The molecule has 3 aliphatic rings. The number of nitrogens with one attached hydrogen (secondary N) is 6. The van der Waals surface area contributed by atoms with Gasteiger partial charge in [-0.05, 0) is 53.7 Å². The van der Waals surface area contributed by atoms with Gasteiger partial charge < -0.3 is 51.6 Å². The minimum atomic E-state index is -1.20. The minimum absolute atomic E-state index is 0.0400. The molecule has 2 fully saturated rings. The highest BCUT2D eigenvalue weighted by Gasteiger charge is 2.35. The van der Waals surface area contributed by atoms with E-state index in [9.17, 15) is 43.8 Å². The smallest absolute Gasteiger partial charge is 0.309 e. The largest absolute Gasteiger partial charge is 0.491 e. The number of fused-ring (bicyclic) bond motifs is 7. The van der Waals surface area contributed by atoms with Crippen LogP contribution in [0.1, 0.15) is 77.3 Å². The third-order valence-corrected chi connectivity index (χ3v) is 15.1. The number of allylic oxidation sites excluding steroid dienone is 2. The van der Waals surface area contributed by atoms with Crippen molar-refractivity contribution in [2.24, 2.45) is 11.8 Å². The van der Waals surface area contributed by atoms with Crippen LogP contribution in [0.15, 0.2) is 97.3 Å². The Bertz CT molecular complexity index is 2220. The van der Waals surface area contributed by atoms with Gasteiger partial charge in [-0.3, -0.25) is 33.6 Å². The Morgan fingerprint density at radius 1 is 0.662 bits per heavy atom. The van der Waals surface area contributed by atoms with Gasteiger partial charge in [-0.2, -0.15) is 25.3 Å². The first-order chi connectivity index (χ1) is 35.4. The summed E-state index contributed by atoms with van der Waals surface area (Å²) < 4.78 is 11.5. The van der Waals surface area contributed by atoms with E-state index in [1.807, 2.05) is 101 Å². The van der Waals surface area contributed by atoms with Crippen molar-refractivity contribution in [3.63, 3.8) is 0 Å². The minimum Gasteiger partial charge on any atom is -0.491 e. The molecule has 0 aromatic heterocycles. The third-order valence-electron chi connectivity index (χ3n) is 12.1. The summed E-state index contributed by atoms with van der Waals surface area (Å²) in [5, 5.41) is 38.5. The molecule has 17 nitrogen and oxygen atoms in total. The number of carbonyl (C=O) groups is 7. The second kappa shape index (κ2) is 32.5. The number of carbonyl (C=O) groups excluding carboxylic acids is 7. The van der Waals surface area contributed by atoms with Crippen molar-refractivity contribution < 1.29 is 53.2 Å². The monoisotopic (exact) mass is 1100 g/mol. The zero-order valence-electron chi connectivity index (χ0n) is 42.5. The molecule has 74 heavy (non-hydrogen) atoms. The Morgan fingerprint density at radius 3 is 1.77 bits per heavy atom. The standard InChI is InChI=1S/C27H39N3O5S2.C26H35N3O6S2/c1-17(2)25-23(31)13-18(3)35-20(11-7-8-12-36)15-24(32)28-21(14-19-9-5-4-6-10-19)26(33)29-22(16-37)27(34)30-25;1-16(2)24-21(30)14-23(32)35-18-10-6-7-11-36-37-15-20(26(34)29-24)28-25(33)19(27-22(31)13-18)12-17-8-4-3-5-9-17/h4-7,9-11,17,20-23,25,31,36-37H,3,8,12-16H2,1-2H3,(H,28,32)(H,29,33)(H,30,34);3-6,8-10,16,18-21,24,30H,7,11-15H2,1-2H3,(H,27,31)(H,28,33)(H,29,34)/b11-7+;10-6+/t20-,21-,22-,23+,25-;18-,19-,20-,21+,24-/m11/s1. The molecule has 3 heterocycles. The highest BCUT2D eigenvalue weighted by Crippen LogP contribution is 2.25. The fourth-order valence-electron chi connectivity index (χ4n) is 8.15. The van der Waals surface area contributed by atoms with E-state index in [-0.39, 0.29) is 61.9 Å². The van der Waals surface area contributed by atoms with E-state index < -0.39 is 102 Å². The van der Waals surface area contributed by atoms with Crippen molar-refractivity contribution in [2.75, 3.05) is 23.0 Å². The summed E-state index contributed by atoms with van der Waals surface area (Å²) in [4.78, 5) is 91.8. The van der Waals surface area contributed by atoms with Crippen LogP contribution in [0.4, 0.5) is 0 Å². The maximum absolute atomic E-state index is 13.4. The molecule has 0 radical (unpaired) electrons. The molecule has 6 amide bonds. The van der Waals surface area contributed by atoms with Gasteiger partial charge >= 0.3 is 5.97 Å². The van der Waals surface area contributed by atoms with Crippen LogP contribution in [0.5, 0.6) is 0 Å². The molecule has 0 unspecified atom stereocenters. The molecule has 2 aromatic carbocycles. The van der Waals surface area contributed by atoms with E-state index in [4.69, 9.17) is 9.47 Å². The van der Waals surface area contributed by atoms with Crippen LogP contribution in [0.3, 0.4) is 0 Å². The van der Waals surface area contributed by atoms with Gasteiger partial charge in [-0.1, -0.05) is 129 Å². The van der Waals surface area contributed by atoms with Gasteiger partial charge in [0.1, 0.15) is 36.4 Å². The maximum atomic E-state index is 13.4. The quantitative estimate of drug-likeness (QED) is 0.0702. The first kappa shape index (κ1) is 61.6. The van der Waals surface area contributed by atoms with E-state index in [1.165, 1.54) is 10.8 Å². The van der Waals surface area contributed by atoms with Crippen LogP contribution in [0.25, 0.3) is 0 Å². The van der Waals surface area contributed by atoms with E-state index >= 15 is 0 Å². The van der Waals surface area contributed by atoms with Crippen LogP contribution in [-0.2, 0) is 55.9 Å². The molecule has 406 valence electrons. The van der Waals surface area contributed by atoms with Gasteiger partial charge in [0.2, 0.25) is 35.4 Å². The predicted octanol–water partition coefficient (Wildman–Crippen LogP) is 3.95. The second-order valence-electron chi connectivity index (χ2n) is 18.9. The maximum Gasteiger partial charge on any atom is 0.309 e. The summed E-state index contributed by atoms with van der Waals surface area (Å²) in [6.45, 7) is 11.3. The lowest BCUT2D eigenvalue weighted by Crippen LogP contribution is -2.58. The Morgan fingerprint density at radius 2 is 1.20 bits per heavy atom. The van der Waals surface area contributed by atoms with E-state index in [0.29, 0.717) is 24.3 Å². The number of aliphatic hydroxyl groups is 2. The number of aliphatic hydroxyl groups excluding tert-OH is 2. The van der Waals surface area contributed by atoms with Gasteiger partial charge in [0.05, 0.1) is 49.3 Å². The van der Waals surface area contributed by atoms with Crippen molar-refractivity contribution in [1.82, 2.24) is 31.9 Å². The third kappa shape index (κ3) is 21.7. The van der Waals surface area contributed by atoms with Gasteiger partial charge in [0, 0.05) is 36.5 Å². The average Bonchev–Trinajstić information content (AvgIpc) is 3.35. The number of esters is 1. The van der Waals surface area contributed by atoms with Crippen LogP contribution < -0.4 is 31.9 Å². The lowest BCUT2D eigenvalue weighted by atomic mass is 9.95. The number of thiol groups is 2. The van der Waals surface area contributed by atoms with Crippen molar-refractivity contribution in [2.45, 2.75) is 140 Å². The zero-order chi connectivity index (χ0) is 54.2. The second-order valence-corrected chi connectivity index (χ2v) is 22.4. The molecule has 8 N–H and O–H groups in total. The predicted molar refractivity (Wildman–Crippen MR) is 296 cm³/mol. The summed E-state index contributed by atoms with van der Waals surface area (Å²) in [7, 11) is 3.03. The molecule has 0 aliphatic carbocycles. The fourth-order valence-corrected chi connectivity index (χ4v) is 10.7. The van der Waals surface area contributed by atoms with Crippen molar-refractivity contribution >= 4 is 88.3 Å². The van der Waals surface area contributed by atoms with Crippen LogP contribution in [0, 0.1) is 11.8 Å². The summed E-state index contributed by atoms with van der Waals surface area (Å²) in [6, 6.07) is 13.5. The van der Waals surface area contributed by atoms with Gasteiger partial charge in [-0.25, -0.2) is 0 Å². The Labute approximate surface area is 454 Å². The Kier molecular flexibility index (Phi) is 27.1. The summed E-state index contributed by atoms with van der Waals surface area (Å²) in [5.74, 6) is -1.77. The molecular formula is C53H74N6O11S4. The summed E-state index contributed by atoms with van der Waals surface area (Å²) >= 11 is 8.46. The average molecular weight is 1100 g/mol. The van der Waals surface area contributed by atoms with Crippen molar-refractivity contribution in [1.29, 1.82) is 0 Å². The van der Waals surface area contributed by atoms with Crippen molar-refractivity contribution in [3.8, 4) is 0 Å². The molecule has 2 aromatic rings. The molecule has 3 aliphatic heterocycles. The molecule has 0 saturated carbocycles. The molecule has 2 bridgehead atoms. The number of amides is 6. The molecule has 10 atom stereocenters. The molecule has 5 rings (SSSR count). The summed E-state index contributed by atoms with van der Waals surface area (Å²) in [5.41, 5.74) is 1.70. The normalized spacial score (nSPS) is 28.1. The SMILES string of the molecule is C=C1C[C@H](O)[C@@H](C(C)C)NC(=O)[C@@H](CS)NC(=O)[C@@H](Cc2ccccc2)NC(=O)C[C@@H](/C=C/CCS)O1.CC(C)[C@H]1NC(=O)[C@H]2CSSCC/C=C/[C@H](CC(=O)N[C@H](Cc3ccccc3)C(=O)N2)OC(=O)C[C@@H]1O. The van der Waals surface area contributed by atoms with E-state index in [1.54, 1.807) is 22.9 Å². The number of rotatable bonds is 10. The Balaban J connectivity index is 0.000000320. The van der Waals surface area contributed by atoms with Crippen LogP contribution in [-0.4, -0.2) is 135 Å². The molecule has 0 spiro atoms. The zero-order valence-corrected chi connectivity index (χ0v) is 45.9. The number of benzene rings is 2. The lowest BCUT2D eigenvalue weighted by Gasteiger charge is -2.30. The first-order valence-electron chi connectivity index (χ1n) is 24.9. The number of ether oxygens (including phenoxy) is 2. The highest BCUT2D eigenvalue weighted by molar-refractivity contribution is 8.76. The molecule has 21 heteroatoms. The van der Waals surface area contributed by atoms with Gasteiger partial charge in [0.15, 0.2) is 0 Å². The first-order valence-corrected chi connectivity index (χ1v) is 28.7. The number of hydrogen-bond acceptors (Lipinski definition) is 15. The number of hydrogen-bond donors (Lipinski definition) is 10. The molecular weight excluding hydrogens is 1020 g/mol. The fraction of sp³-hybridized carbons (Fsp3) is 0.528. The topological polar surface area (TPSA) is 251 Å². The Hall–Kier alpha value is -4.93. The van der Waals surface area contributed by atoms with Crippen molar-refractivity contribution in [3.05, 3.63) is 108 Å². The van der Waals surface area contributed by atoms with E-state index in [0.717, 1.165) is 16.9 Å². The lowest BCUT2D eigenvalue weighted by molar-refractivity contribution is -0.151. The van der Waals surface area contributed by atoms with Crippen LogP contribution >= 0.6 is 46.8 Å². The highest BCUT2D eigenvalue weighted by atomic mass is 33.1. The van der Waals surface area contributed by atoms with Gasteiger partial charge in [-0.15, -0.1) is 0 Å². The van der Waals surface area contributed by atoms with Gasteiger partial charge in [0.25, 0.3) is 0 Å². The summed E-state index contributed by atoms with van der Waals surface area (Å²) in [6.07, 6.45) is 4.78. The van der Waals surface area contributed by atoms with Crippen LogP contribution in [0.2, 0.25) is 0 Å². The molecule has 2 saturated heterocycles.